The number of aryl methyl sites for hydroxylation is 3. The Morgan fingerprint density at radius 1 is 1.10 bits per heavy atom. The van der Waals surface area contributed by atoms with E-state index >= 15 is 0 Å². The number of anilines is 1. The smallest absolute Gasteiger partial charge is 0.244 e. The normalized spacial score (nSPS) is 15.5. The van der Waals surface area contributed by atoms with Crippen molar-refractivity contribution in [3.63, 3.8) is 0 Å². The van der Waals surface area contributed by atoms with Gasteiger partial charge in [0.25, 0.3) is 0 Å². The van der Waals surface area contributed by atoms with Crippen LogP contribution in [0.25, 0.3) is 0 Å². The molecule has 0 bridgehead atoms. The van der Waals surface area contributed by atoms with Gasteiger partial charge >= 0.3 is 0 Å². The summed E-state index contributed by atoms with van der Waals surface area (Å²) in [5.74, 6) is -0.361. The summed E-state index contributed by atoms with van der Waals surface area (Å²) in [7, 11) is -3.69. The van der Waals surface area contributed by atoms with Crippen LogP contribution < -0.4 is 9.62 Å². The van der Waals surface area contributed by atoms with E-state index in [1.807, 2.05) is 19.9 Å². The van der Waals surface area contributed by atoms with Crippen LogP contribution in [0.4, 0.5) is 5.69 Å². The maximum Gasteiger partial charge on any atom is 0.244 e. The summed E-state index contributed by atoms with van der Waals surface area (Å²) in [5, 5.41) is 3.41. The number of carbonyl (C=O) groups excluding carboxylic acids is 1. The van der Waals surface area contributed by atoms with Gasteiger partial charge in [0.2, 0.25) is 15.9 Å². The molecule has 1 aliphatic carbocycles. The lowest BCUT2D eigenvalue weighted by Crippen LogP contribution is -2.48. The van der Waals surface area contributed by atoms with Gasteiger partial charge in [0, 0.05) is 5.02 Å². The largest absolute Gasteiger partial charge is 0.348 e. The quantitative estimate of drug-likeness (QED) is 0.741. The van der Waals surface area contributed by atoms with E-state index in [4.69, 9.17) is 11.6 Å². The van der Waals surface area contributed by atoms with E-state index in [2.05, 4.69) is 17.4 Å². The van der Waals surface area contributed by atoms with Crippen molar-refractivity contribution in [2.24, 2.45) is 0 Å². The fourth-order valence-corrected chi connectivity index (χ4v) is 5.15. The Bertz CT molecular complexity index is 1040. The van der Waals surface area contributed by atoms with Gasteiger partial charge < -0.3 is 5.32 Å². The van der Waals surface area contributed by atoms with Gasteiger partial charge in [0.1, 0.15) is 6.04 Å². The molecule has 0 fully saturated rings. The highest BCUT2D eigenvalue weighted by Crippen LogP contribution is 2.28. The van der Waals surface area contributed by atoms with Gasteiger partial charge in [-0.2, -0.15) is 0 Å². The summed E-state index contributed by atoms with van der Waals surface area (Å²) in [4.78, 5) is 12.9. The number of carbonyl (C=O) groups is 1. The second-order valence-corrected chi connectivity index (χ2v) is 10.0. The molecule has 0 aliphatic heterocycles. The summed E-state index contributed by atoms with van der Waals surface area (Å²) in [6.45, 7) is 5.33. The minimum absolute atomic E-state index is 0.223. The fourth-order valence-electron chi connectivity index (χ4n) is 3.81. The minimum atomic E-state index is -3.69. The monoisotopic (exact) mass is 434 g/mol. The number of hydrogen-bond donors (Lipinski definition) is 1. The molecule has 29 heavy (non-hydrogen) atoms. The third kappa shape index (κ3) is 4.75. The first-order valence-corrected chi connectivity index (χ1v) is 12.0. The first-order valence-electron chi connectivity index (χ1n) is 9.75. The van der Waals surface area contributed by atoms with Crippen molar-refractivity contribution in [3.05, 3.63) is 63.7 Å². The molecule has 1 aliphatic rings. The fraction of sp³-hybridized carbons (Fsp3) is 0.409. The van der Waals surface area contributed by atoms with Crippen LogP contribution in [-0.2, 0) is 27.7 Å². The molecule has 7 heteroatoms. The highest BCUT2D eigenvalue weighted by molar-refractivity contribution is 7.92. The first kappa shape index (κ1) is 21.7. The highest BCUT2D eigenvalue weighted by atomic mass is 35.5. The highest BCUT2D eigenvalue weighted by Gasteiger charge is 2.30. The Morgan fingerprint density at radius 3 is 2.45 bits per heavy atom. The molecule has 1 amide bonds. The lowest BCUT2D eigenvalue weighted by Gasteiger charge is -2.29. The molecule has 156 valence electrons. The number of sulfonamides is 1. The molecule has 0 spiro atoms. The van der Waals surface area contributed by atoms with Gasteiger partial charge in [-0.3, -0.25) is 9.10 Å². The summed E-state index contributed by atoms with van der Waals surface area (Å²) in [6, 6.07) is 10.1. The second kappa shape index (κ2) is 8.36. The number of benzene rings is 2. The Hall–Kier alpha value is -2.05. The molecular weight excluding hydrogens is 408 g/mol. The number of halogens is 1. The zero-order valence-corrected chi connectivity index (χ0v) is 18.8. The summed E-state index contributed by atoms with van der Waals surface area (Å²) in [5.41, 5.74) is 4.95. The number of nitrogens with zero attached hydrogens (tertiary/aromatic N) is 1. The van der Waals surface area contributed by atoms with E-state index in [0.717, 1.165) is 34.5 Å². The predicted molar refractivity (Wildman–Crippen MR) is 118 cm³/mol. The average molecular weight is 435 g/mol. The van der Waals surface area contributed by atoms with Gasteiger partial charge in [-0.25, -0.2) is 8.42 Å². The van der Waals surface area contributed by atoms with Crippen LogP contribution in [0.1, 0.15) is 48.6 Å². The van der Waals surface area contributed by atoms with Crippen LogP contribution in [0.5, 0.6) is 0 Å². The molecule has 5 nitrogen and oxygen atoms in total. The maximum atomic E-state index is 12.9. The molecule has 0 unspecified atom stereocenters. The molecule has 2 atom stereocenters. The van der Waals surface area contributed by atoms with E-state index in [1.54, 1.807) is 25.1 Å². The van der Waals surface area contributed by atoms with Crippen molar-refractivity contribution in [1.82, 2.24) is 5.32 Å². The Labute approximate surface area is 178 Å². The van der Waals surface area contributed by atoms with Gasteiger partial charge in [0.15, 0.2) is 0 Å². The van der Waals surface area contributed by atoms with E-state index < -0.39 is 16.1 Å². The number of amides is 1. The van der Waals surface area contributed by atoms with E-state index in [-0.39, 0.29) is 11.9 Å². The molecule has 3 rings (SSSR count). The van der Waals surface area contributed by atoms with Crippen molar-refractivity contribution in [2.45, 2.75) is 52.1 Å². The Kier molecular flexibility index (Phi) is 6.24. The van der Waals surface area contributed by atoms with E-state index in [1.165, 1.54) is 17.5 Å². The minimum Gasteiger partial charge on any atom is -0.348 e. The summed E-state index contributed by atoms with van der Waals surface area (Å²) in [6.07, 6.45) is 4.43. The summed E-state index contributed by atoms with van der Waals surface area (Å²) < 4.78 is 26.0. The molecule has 0 saturated carbocycles. The van der Waals surface area contributed by atoms with Crippen molar-refractivity contribution < 1.29 is 13.2 Å². The second-order valence-electron chi connectivity index (χ2n) is 7.78. The predicted octanol–water partition coefficient (Wildman–Crippen LogP) is 4.17. The third-order valence-corrected chi connectivity index (χ3v) is 7.13. The molecule has 1 N–H and O–H groups in total. The van der Waals surface area contributed by atoms with Crippen molar-refractivity contribution >= 4 is 33.2 Å². The maximum absolute atomic E-state index is 12.9. The number of rotatable bonds is 6. The number of nitrogens with one attached hydrogen (secondary N) is 1. The standard InChI is InChI=1S/C22H27ClN2O3S/c1-14-8-11-20(13-21(14)23)25(29(4,27)28)16(3)22(26)24-15(2)18-10-9-17-6-5-7-19(17)12-18/h8-13,15-16H,5-7H2,1-4H3,(H,24,26)/t15-,16+/m1/s1. The van der Waals surface area contributed by atoms with Gasteiger partial charge in [-0.05, 0) is 74.4 Å². The van der Waals surface area contributed by atoms with Crippen LogP contribution in [0.15, 0.2) is 36.4 Å². The van der Waals surface area contributed by atoms with Crippen LogP contribution in [0, 0.1) is 6.92 Å². The van der Waals surface area contributed by atoms with Gasteiger partial charge in [-0.15, -0.1) is 0 Å². The first-order chi connectivity index (χ1) is 13.6. The lowest BCUT2D eigenvalue weighted by molar-refractivity contribution is -0.122. The van der Waals surface area contributed by atoms with Crippen molar-refractivity contribution in [1.29, 1.82) is 0 Å². The zero-order valence-electron chi connectivity index (χ0n) is 17.2. The average Bonchev–Trinajstić information content (AvgIpc) is 3.11. The number of fused-ring (bicyclic) bond motifs is 1. The SMILES string of the molecule is Cc1ccc(N([C@@H](C)C(=O)N[C@H](C)c2ccc3c(c2)CCC3)S(C)(=O)=O)cc1Cl. The Balaban J connectivity index is 1.81. The van der Waals surface area contributed by atoms with Gasteiger partial charge in [-0.1, -0.05) is 35.9 Å². The molecule has 0 heterocycles. The van der Waals surface area contributed by atoms with Crippen molar-refractivity contribution in [3.8, 4) is 0 Å². The molecule has 0 saturated heterocycles. The van der Waals surface area contributed by atoms with E-state index in [9.17, 15) is 13.2 Å². The topological polar surface area (TPSA) is 66.5 Å². The Morgan fingerprint density at radius 2 is 1.79 bits per heavy atom. The molecule has 2 aromatic rings. The molecule has 0 aromatic heterocycles. The molecule has 0 radical (unpaired) electrons. The third-order valence-electron chi connectivity index (χ3n) is 5.48. The van der Waals surface area contributed by atoms with Crippen LogP contribution in [-0.4, -0.2) is 26.6 Å². The molecule has 2 aromatic carbocycles. The number of hydrogen-bond acceptors (Lipinski definition) is 3. The molecular formula is C22H27ClN2O3S. The van der Waals surface area contributed by atoms with Crippen LogP contribution in [0.2, 0.25) is 5.02 Å². The van der Waals surface area contributed by atoms with Gasteiger partial charge in [0.05, 0.1) is 18.0 Å². The summed E-state index contributed by atoms with van der Waals surface area (Å²) >= 11 is 6.18. The van der Waals surface area contributed by atoms with Crippen LogP contribution >= 0.6 is 11.6 Å². The van der Waals surface area contributed by atoms with Crippen LogP contribution in [0.3, 0.4) is 0 Å². The lowest BCUT2D eigenvalue weighted by atomic mass is 10.0. The van der Waals surface area contributed by atoms with E-state index in [0.29, 0.717) is 10.7 Å². The van der Waals surface area contributed by atoms with Crippen molar-refractivity contribution in [2.75, 3.05) is 10.6 Å². The zero-order chi connectivity index (χ0) is 21.3.